The van der Waals surface area contributed by atoms with E-state index >= 15 is 0 Å². The number of nitrogens with two attached hydrogens (primary N) is 1. The first-order valence-corrected chi connectivity index (χ1v) is 7.80. The first-order chi connectivity index (χ1) is 10.1. The Balaban J connectivity index is 1.87. The van der Waals surface area contributed by atoms with E-state index in [2.05, 4.69) is 18.2 Å². The van der Waals surface area contributed by atoms with Gasteiger partial charge in [-0.25, -0.2) is 4.39 Å². The second-order valence-corrected chi connectivity index (χ2v) is 6.25. The molecular weight excluding hydrogens is 285 g/mol. The third-order valence-corrected chi connectivity index (χ3v) is 4.67. The van der Waals surface area contributed by atoms with Gasteiger partial charge in [0.1, 0.15) is 5.82 Å². The summed E-state index contributed by atoms with van der Waals surface area (Å²) >= 11 is 5.99. The van der Waals surface area contributed by atoms with Crippen LogP contribution in [0.15, 0.2) is 42.5 Å². The van der Waals surface area contributed by atoms with Crippen molar-refractivity contribution in [2.45, 2.75) is 31.7 Å². The summed E-state index contributed by atoms with van der Waals surface area (Å²) in [5.74, 6) is 0.0609. The average Bonchev–Trinajstić information content (AvgIpc) is 2.64. The van der Waals surface area contributed by atoms with Crippen molar-refractivity contribution in [3.05, 3.63) is 70.0 Å². The lowest BCUT2D eigenvalue weighted by atomic mass is 9.86. The van der Waals surface area contributed by atoms with Gasteiger partial charge in [-0.1, -0.05) is 35.9 Å². The van der Waals surface area contributed by atoms with Crippen molar-refractivity contribution in [1.82, 2.24) is 0 Å². The summed E-state index contributed by atoms with van der Waals surface area (Å²) in [6.07, 6.45) is 3.81. The molecule has 2 N–H and O–H groups in total. The topological polar surface area (TPSA) is 26.0 Å². The van der Waals surface area contributed by atoms with Crippen LogP contribution in [0.4, 0.5) is 4.39 Å². The molecular formula is C18H19ClFN. The predicted octanol–water partition coefficient (Wildman–Crippen LogP) is 4.67. The minimum Gasteiger partial charge on any atom is -0.324 e. The SMILES string of the molecule is NC1c2ccccc2CCCC1Cc1cc(Cl)ccc1F. The molecule has 0 spiro atoms. The van der Waals surface area contributed by atoms with Gasteiger partial charge in [0, 0.05) is 11.1 Å². The zero-order valence-corrected chi connectivity index (χ0v) is 12.6. The van der Waals surface area contributed by atoms with Crippen LogP contribution in [0, 0.1) is 11.7 Å². The number of benzene rings is 2. The predicted molar refractivity (Wildman–Crippen MR) is 84.9 cm³/mol. The molecule has 0 fully saturated rings. The molecule has 1 nitrogen and oxygen atoms in total. The van der Waals surface area contributed by atoms with Crippen LogP contribution in [0.25, 0.3) is 0 Å². The Kier molecular flexibility index (Phi) is 4.27. The molecule has 110 valence electrons. The molecule has 0 aliphatic heterocycles. The van der Waals surface area contributed by atoms with Gasteiger partial charge in [0.15, 0.2) is 0 Å². The number of hydrogen-bond donors (Lipinski definition) is 1. The Morgan fingerprint density at radius 2 is 2.00 bits per heavy atom. The fraction of sp³-hybridized carbons (Fsp3) is 0.333. The maximum atomic E-state index is 13.9. The van der Waals surface area contributed by atoms with E-state index in [9.17, 15) is 4.39 Å². The Morgan fingerprint density at radius 3 is 2.86 bits per heavy atom. The Morgan fingerprint density at radius 1 is 1.19 bits per heavy atom. The van der Waals surface area contributed by atoms with E-state index in [1.807, 2.05) is 6.07 Å². The van der Waals surface area contributed by atoms with Gasteiger partial charge in [0.2, 0.25) is 0 Å². The van der Waals surface area contributed by atoms with Crippen molar-refractivity contribution in [3.8, 4) is 0 Å². The Labute approximate surface area is 129 Å². The van der Waals surface area contributed by atoms with Crippen LogP contribution in [-0.4, -0.2) is 0 Å². The lowest BCUT2D eigenvalue weighted by molar-refractivity contribution is 0.396. The van der Waals surface area contributed by atoms with Crippen molar-refractivity contribution in [3.63, 3.8) is 0 Å². The van der Waals surface area contributed by atoms with E-state index < -0.39 is 0 Å². The molecule has 0 bridgehead atoms. The van der Waals surface area contributed by atoms with Crippen molar-refractivity contribution >= 4 is 11.6 Å². The highest BCUT2D eigenvalue weighted by atomic mass is 35.5. The van der Waals surface area contributed by atoms with Gasteiger partial charge in [-0.15, -0.1) is 0 Å². The average molecular weight is 304 g/mol. The van der Waals surface area contributed by atoms with Crippen molar-refractivity contribution in [2.24, 2.45) is 11.7 Å². The van der Waals surface area contributed by atoms with E-state index in [1.165, 1.54) is 17.2 Å². The summed E-state index contributed by atoms with van der Waals surface area (Å²) in [5, 5.41) is 0.578. The van der Waals surface area contributed by atoms with Crippen LogP contribution in [-0.2, 0) is 12.8 Å². The second-order valence-electron chi connectivity index (χ2n) is 5.82. The van der Waals surface area contributed by atoms with E-state index in [4.69, 9.17) is 17.3 Å². The molecule has 1 aliphatic rings. The maximum absolute atomic E-state index is 13.9. The minimum absolute atomic E-state index is 0.0397. The molecule has 0 saturated heterocycles. The number of fused-ring (bicyclic) bond motifs is 1. The fourth-order valence-electron chi connectivity index (χ4n) is 3.29. The van der Waals surface area contributed by atoms with E-state index in [0.717, 1.165) is 19.3 Å². The molecule has 3 heteroatoms. The van der Waals surface area contributed by atoms with Crippen LogP contribution in [0.2, 0.25) is 5.02 Å². The third-order valence-electron chi connectivity index (χ3n) is 4.43. The normalized spacial score (nSPS) is 21.7. The van der Waals surface area contributed by atoms with Gasteiger partial charge in [-0.05, 0) is 66.5 Å². The van der Waals surface area contributed by atoms with Gasteiger partial charge in [0.05, 0.1) is 0 Å². The second kappa shape index (κ2) is 6.17. The first-order valence-electron chi connectivity index (χ1n) is 7.42. The number of hydrogen-bond acceptors (Lipinski definition) is 1. The number of aryl methyl sites for hydroxylation is 1. The zero-order valence-electron chi connectivity index (χ0n) is 11.9. The first kappa shape index (κ1) is 14.6. The Bertz CT molecular complexity index is 641. The molecule has 21 heavy (non-hydrogen) atoms. The summed E-state index contributed by atoms with van der Waals surface area (Å²) in [6.45, 7) is 0. The van der Waals surface area contributed by atoms with Gasteiger partial charge in [0.25, 0.3) is 0 Å². The standard InChI is InChI=1S/C18H19ClFN/c19-15-8-9-17(20)14(11-15)10-13-6-3-5-12-4-1-2-7-16(12)18(13)21/h1-2,4,7-9,11,13,18H,3,5-6,10,21H2. The van der Waals surface area contributed by atoms with Crippen LogP contribution in [0.1, 0.15) is 35.6 Å². The van der Waals surface area contributed by atoms with Gasteiger partial charge in [-0.3, -0.25) is 0 Å². The molecule has 1 aliphatic carbocycles. The molecule has 3 rings (SSSR count). The summed E-state index contributed by atoms with van der Waals surface area (Å²) < 4.78 is 13.9. The van der Waals surface area contributed by atoms with Gasteiger partial charge >= 0.3 is 0 Å². The maximum Gasteiger partial charge on any atom is 0.126 e. The van der Waals surface area contributed by atoms with Gasteiger partial charge < -0.3 is 5.73 Å². The molecule has 0 radical (unpaired) electrons. The van der Waals surface area contributed by atoms with E-state index in [0.29, 0.717) is 17.0 Å². The fourth-order valence-corrected chi connectivity index (χ4v) is 3.48. The Hall–Kier alpha value is -1.38. The third kappa shape index (κ3) is 3.12. The highest BCUT2D eigenvalue weighted by Crippen LogP contribution is 2.34. The summed E-state index contributed by atoms with van der Waals surface area (Å²) in [6, 6.07) is 13.0. The molecule has 0 saturated carbocycles. The monoisotopic (exact) mass is 303 g/mol. The number of halogens is 2. The van der Waals surface area contributed by atoms with Crippen molar-refractivity contribution in [2.75, 3.05) is 0 Å². The summed E-state index contributed by atoms with van der Waals surface area (Å²) in [5.41, 5.74) is 9.68. The number of rotatable bonds is 2. The van der Waals surface area contributed by atoms with Crippen molar-refractivity contribution < 1.29 is 4.39 Å². The molecule has 2 aromatic carbocycles. The minimum atomic E-state index is -0.191. The van der Waals surface area contributed by atoms with E-state index in [-0.39, 0.29) is 17.8 Å². The molecule has 0 amide bonds. The van der Waals surface area contributed by atoms with Gasteiger partial charge in [-0.2, -0.15) is 0 Å². The lowest BCUT2D eigenvalue weighted by Gasteiger charge is -2.23. The largest absolute Gasteiger partial charge is 0.324 e. The van der Waals surface area contributed by atoms with E-state index in [1.54, 1.807) is 12.1 Å². The summed E-state index contributed by atoms with van der Waals surface area (Å²) in [7, 11) is 0. The van der Waals surface area contributed by atoms with Crippen molar-refractivity contribution in [1.29, 1.82) is 0 Å². The van der Waals surface area contributed by atoms with Crippen LogP contribution in [0.5, 0.6) is 0 Å². The molecule has 0 heterocycles. The highest BCUT2D eigenvalue weighted by Gasteiger charge is 2.25. The smallest absolute Gasteiger partial charge is 0.126 e. The molecule has 0 aromatic heterocycles. The zero-order chi connectivity index (χ0) is 14.8. The molecule has 2 unspecified atom stereocenters. The lowest BCUT2D eigenvalue weighted by Crippen LogP contribution is -2.23. The quantitative estimate of drug-likeness (QED) is 0.801. The molecule has 2 aromatic rings. The highest BCUT2D eigenvalue weighted by molar-refractivity contribution is 6.30. The van der Waals surface area contributed by atoms with Crippen LogP contribution in [0.3, 0.4) is 0 Å². The van der Waals surface area contributed by atoms with Crippen LogP contribution >= 0.6 is 11.6 Å². The molecule has 2 atom stereocenters. The summed E-state index contributed by atoms with van der Waals surface area (Å²) in [4.78, 5) is 0. The van der Waals surface area contributed by atoms with Crippen LogP contribution < -0.4 is 5.73 Å².